The molecule has 1 heterocycles. The highest BCUT2D eigenvalue weighted by molar-refractivity contribution is 5.89. The van der Waals surface area contributed by atoms with E-state index in [1.54, 1.807) is 24.5 Å². The maximum Gasteiger partial charge on any atom is 0.335 e. The summed E-state index contributed by atoms with van der Waals surface area (Å²) in [6.07, 6.45) is 3.53. The minimum atomic E-state index is -0.919. The van der Waals surface area contributed by atoms with Gasteiger partial charge in [0, 0.05) is 18.1 Å². The fourth-order valence-corrected chi connectivity index (χ4v) is 1.86. The van der Waals surface area contributed by atoms with Crippen molar-refractivity contribution in [3.63, 3.8) is 0 Å². The number of hydrogen-bond acceptors (Lipinski definition) is 3. The SMILES string of the molecule is Cc1ccc(C(=O)O)cc1NC(C)c1cccnc1. The highest BCUT2D eigenvalue weighted by Crippen LogP contribution is 2.22. The van der Waals surface area contributed by atoms with Gasteiger partial charge in [0.15, 0.2) is 0 Å². The van der Waals surface area contributed by atoms with Crippen molar-refractivity contribution in [2.75, 3.05) is 5.32 Å². The van der Waals surface area contributed by atoms with Gasteiger partial charge >= 0.3 is 5.97 Å². The molecule has 1 unspecified atom stereocenters. The number of nitrogens with zero attached hydrogens (tertiary/aromatic N) is 1. The van der Waals surface area contributed by atoms with Crippen molar-refractivity contribution >= 4 is 11.7 Å². The molecule has 1 aromatic carbocycles. The van der Waals surface area contributed by atoms with Gasteiger partial charge in [-0.2, -0.15) is 0 Å². The molecule has 1 aromatic heterocycles. The van der Waals surface area contributed by atoms with Crippen molar-refractivity contribution in [1.82, 2.24) is 4.98 Å². The summed E-state index contributed by atoms with van der Waals surface area (Å²) in [5.41, 5.74) is 3.19. The lowest BCUT2D eigenvalue weighted by atomic mass is 10.1. The molecular formula is C15H16N2O2. The Labute approximate surface area is 112 Å². The van der Waals surface area contributed by atoms with Gasteiger partial charge in [0.25, 0.3) is 0 Å². The second kappa shape index (κ2) is 5.52. The molecule has 0 aliphatic carbocycles. The van der Waals surface area contributed by atoms with Gasteiger partial charge in [-0.15, -0.1) is 0 Å². The molecule has 0 fully saturated rings. The molecule has 0 saturated carbocycles. The molecule has 0 radical (unpaired) electrons. The van der Waals surface area contributed by atoms with Crippen LogP contribution in [0.25, 0.3) is 0 Å². The van der Waals surface area contributed by atoms with E-state index in [4.69, 9.17) is 5.11 Å². The van der Waals surface area contributed by atoms with Crippen molar-refractivity contribution < 1.29 is 9.90 Å². The minimum absolute atomic E-state index is 0.0662. The van der Waals surface area contributed by atoms with Gasteiger partial charge < -0.3 is 10.4 Å². The van der Waals surface area contributed by atoms with Crippen LogP contribution in [0.5, 0.6) is 0 Å². The fraction of sp³-hybridized carbons (Fsp3) is 0.200. The highest BCUT2D eigenvalue weighted by Gasteiger charge is 2.10. The predicted molar refractivity (Wildman–Crippen MR) is 74.4 cm³/mol. The van der Waals surface area contributed by atoms with Crippen LogP contribution < -0.4 is 5.32 Å². The summed E-state index contributed by atoms with van der Waals surface area (Å²) >= 11 is 0. The Morgan fingerprint density at radius 1 is 1.37 bits per heavy atom. The zero-order valence-corrected chi connectivity index (χ0v) is 10.9. The van der Waals surface area contributed by atoms with Gasteiger partial charge in [-0.1, -0.05) is 12.1 Å². The maximum absolute atomic E-state index is 11.0. The zero-order valence-electron chi connectivity index (χ0n) is 10.9. The Bertz CT molecular complexity index is 582. The monoisotopic (exact) mass is 256 g/mol. The topological polar surface area (TPSA) is 62.2 Å². The van der Waals surface area contributed by atoms with E-state index >= 15 is 0 Å². The lowest BCUT2D eigenvalue weighted by molar-refractivity contribution is 0.0697. The van der Waals surface area contributed by atoms with Gasteiger partial charge in [-0.05, 0) is 43.2 Å². The quantitative estimate of drug-likeness (QED) is 0.881. The Morgan fingerprint density at radius 3 is 2.79 bits per heavy atom. The number of carboxylic acid groups (broad SMARTS) is 1. The first kappa shape index (κ1) is 13.1. The van der Waals surface area contributed by atoms with Crippen LogP contribution in [0.1, 0.15) is 34.5 Å². The van der Waals surface area contributed by atoms with E-state index < -0.39 is 5.97 Å². The van der Waals surface area contributed by atoms with Crippen LogP contribution in [0.3, 0.4) is 0 Å². The average molecular weight is 256 g/mol. The summed E-state index contributed by atoms with van der Waals surface area (Å²) in [5.74, 6) is -0.919. The Kier molecular flexibility index (Phi) is 3.80. The largest absolute Gasteiger partial charge is 0.478 e. The molecule has 0 saturated heterocycles. The van der Waals surface area contributed by atoms with Crippen molar-refractivity contribution in [2.45, 2.75) is 19.9 Å². The molecule has 2 N–H and O–H groups in total. The van der Waals surface area contributed by atoms with Crippen LogP contribution in [0.2, 0.25) is 0 Å². The van der Waals surface area contributed by atoms with Gasteiger partial charge in [0.1, 0.15) is 0 Å². The van der Waals surface area contributed by atoms with Crippen LogP contribution in [0.15, 0.2) is 42.7 Å². The summed E-state index contributed by atoms with van der Waals surface area (Å²) in [4.78, 5) is 15.1. The zero-order chi connectivity index (χ0) is 13.8. The van der Waals surface area contributed by atoms with E-state index in [2.05, 4.69) is 10.3 Å². The number of nitrogens with one attached hydrogen (secondary N) is 1. The Morgan fingerprint density at radius 2 is 2.16 bits per heavy atom. The number of benzene rings is 1. The van der Waals surface area contributed by atoms with Crippen molar-refractivity contribution in [1.29, 1.82) is 0 Å². The van der Waals surface area contributed by atoms with Crippen molar-refractivity contribution in [3.8, 4) is 0 Å². The van der Waals surface area contributed by atoms with Crippen LogP contribution in [-0.4, -0.2) is 16.1 Å². The second-order valence-corrected chi connectivity index (χ2v) is 4.49. The first-order valence-electron chi connectivity index (χ1n) is 6.08. The molecule has 2 aromatic rings. The maximum atomic E-state index is 11.0. The van der Waals surface area contributed by atoms with E-state index in [0.717, 1.165) is 16.8 Å². The summed E-state index contributed by atoms with van der Waals surface area (Å²) in [5, 5.41) is 12.3. The highest BCUT2D eigenvalue weighted by atomic mass is 16.4. The lowest BCUT2D eigenvalue weighted by Crippen LogP contribution is -2.09. The number of rotatable bonds is 4. The van der Waals surface area contributed by atoms with E-state index in [1.165, 1.54) is 0 Å². The summed E-state index contributed by atoms with van der Waals surface area (Å²) in [7, 11) is 0. The summed E-state index contributed by atoms with van der Waals surface area (Å²) in [6.45, 7) is 3.97. The fourth-order valence-electron chi connectivity index (χ4n) is 1.86. The molecule has 0 aliphatic rings. The summed E-state index contributed by atoms with van der Waals surface area (Å²) < 4.78 is 0. The smallest absolute Gasteiger partial charge is 0.335 e. The molecule has 1 atom stereocenters. The van der Waals surface area contributed by atoms with E-state index in [9.17, 15) is 4.79 Å². The number of anilines is 1. The van der Waals surface area contributed by atoms with Gasteiger partial charge in [-0.25, -0.2) is 4.79 Å². The number of aromatic nitrogens is 1. The van der Waals surface area contributed by atoms with E-state index in [0.29, 0.717) is 0 Å². The third kappa shape index (κ3) is 3.10. The number of hydrogen-bond donors (Lipinski definition) is 2. The lowest BCUT2D eigenvalue weighted by Gasteiger charge is -2.17. The number of aryl methyl sites for hydroxylation is 1. The molecule has 0 bridgehead atoms. The third-order valence-corrected chi connectivity index (χ3v) is 3.04. The molecule has 0 amide bonds. The van der Waals surface area contributed by atoms with Crippen LogP contribution in [0.4, 0.5) is 5.69 Å². The minimum Gasteiger partial charge on any atom is -0.478 e. The van der Waals surface area contributed by atoms with Crippen molar-refractivity contribution in [2.24, 2.45) is 0 Å². The predicted octanol–water partition coefficient (Wildman–Crippen LogP) is 3.26. The van der Waals surface area contributed by atoms with Gasteiger partial charge in [-0.3, -0.25) is 4.98 Å². The molecule has 0 aliphatic heterocycles. The first-order valence-corrected chi connectivity index (χ1v) is 6.08. The third-order valence-electron chi connectivity index (χ3n) is 3.04. The standard InChI is InChI=1S/C15H16N2O2/c1-10-5-6-12(15(18)19)8-14(10)17-11(2)13-4-3-7-16-9-13/h3-9,11,17H,1-2H3,(H,18,19). The van der Waals surface area contributed by atoms with Crippen LogP contribution >= 0.6 is 0 Å². The molecule has 0 spiro atoms. The Balaban J connectivity index is 2.23. The molecule has 4 nitrogen and oxygen atoms in total. The molecular weight excluding hydrogens is 240 g/mol. The van der Waals surface area contributed by atoms with Gasteiger partial charge in [0.05, 0.1) is 11.6 Å². The van der Waals surface area contributed by atoms with Crippen LogP contribution in [-0.2, 0) is 0 Å². The average Bonchev–Trinajstić information content (AvgIpc) is 2.42. The second-order valence-electron chi connectivity index (χ2n) is 4.49. The van der Waals surface area contributed by atoms with E-state index in [-0.39, 0.29) is 11.6 Å². The van der Waals surface area contributed by atoms with Gasteiger partial charge in [0.2, 0.25) is 0 Å². The number of carbonyl (C=O) groups is 1. The molecule has 98 valence electrons. The number of carboxylic acids is 1. The number of aromatic carboxylic acids is 1. The van der Waals surface area contributed by atoms with Crippen molar-refractivity contribution in [3.05, 3.63) is 59.4 Å². The normalized spacial score (nSPS) is 11.9. The molecule has 2 rings (SSSR count). The molecule has 4 heteroatoms. The Hall–Kier alpha value is -2.36. The first-order chi connectivity index (χ1) is 9.08. The number of pyridine rings is 1. The van der Waals surface area contributed by atoms with E-state index in [1.807, 2.05) is 32.0 Å². The molecule has 19 heavy (non-hydrogen) atoms. The summed E-state index contributed by atoms with van der Waals surface area (Å²) in [6, 6.07) is 9.01. The van der Waals surface area contributed by atoms with Crippen LogP contribution in [0, 0.1) is 6.92 Å².